The van der Waals surface area contributed by atoms with Crippen LogP contribution in [0.4, 0.5) is 18.9 Å². The van der Waals surface area contributed by atoms with Crippen molar-refractivity contribution in [2.24, 2.45) is 5.92 Å². The van der Waals surface area contributed by atoms with Crippen LogP contribution in [0.15, 0.2) is 24.3 Å². The van der Waals surface area contributed by atoms with E-state index in [1.54, 1.807) is 0 Å². The number of hydrogen-bond donors (Lipinski definition) is 2. The van der Waals surface area contributed by atoms with Gasteiger partial charge in [-0.3, -0.25) is 14.5 Å². The van der Waals surface area contributed by atoms with Crippen LogP contribution in [0.2, 0.25) is 0 Å². The molecule has 1 heterocycles. The molecule has 1 unspecified atom stereocenters. The molecule has 2 rings (SSSR count). The summed E-state index contributed by atoms with van der Waals surface area (Å²) in [6.07, 6.45) is -4.83. The lowest BCUT2D eigenvalue weighted by Gasteiger charge is -2.28. The second-order valence-corrected chi connectivity index (χ2v) is 5.78. The number of nitrogens with zero attached hydrogens (tertiary/aromatic N) is 1. The third-order valence-corrected chi connectivity index (χ3v) is 3.84. The molecule has 1 aromatic rings. The molecule has 1 aliphatic heterocycles. The first-order valence-electron chi connectivity index (χ1n) is 7.75. The Bertz CT molecular complexity index is 616. The number of rotatable bonds is 6. The van der Waals surface area contributed by atoms with Gasteiger partial charge in [0.15, 0.2) is 0 Å². The zero-order chi connectivity index (χ0) is 18.4. The lowest BCUT2D eigenvalue weighted by atomic mass is 10.0. The number of halogens is 3. The van der Waals surface area contributed by atoms with Gasteiger partial charge in [-0.1, -0.05) is 6.07 Å². The van der Waals surface area contributed by atoms with Crippen molar-refractivity contribution in [3.63, 3.8) is 0 Å². The number of hydrogen-bond acceptors (Lipinski definition) is 4. The summed E-state index contributed by atoms with van der Waals surface area (Å²) in [5.41, 5.74) is -0.899. The fourth-order valence-corrected chi connectivity index (χ4v) is 2.53. The normalized spacial score (nSPS) is 17.1. The Morgan fingerprint density at radius 3 is 2.56 bits per heavy atom. The van der Waals surface area contributed by atoms with Crippen molar-refractivity contribution in [3.05, 3.63) is 29.8 Å². The van der Waals surface area contributed by atoms with Crippen molar-refractivity contribution in [2.45, 2.75) is 12.6 Å². The Kier molecular flexibility index (Phi) is 6.38. The number of carboxylic acid groups (broad SMARTS) is 1. The van der Waals surface area contributed by atoms with E-state index < -0.39 is 29.5 Å². The summed E-state index contributed by atoms with van der Waals surface area (Å²) < 4.78 is 43.2. The van der Waals surface area contributed by atoms with E-state index >= 15 is 0 Å². The van der Waals surface area contributed by atoms with Crippen LogP contribution in [-0.4, -0.2) is 54.7 Å². The van der Waals surface area contributed by atoms with Crippen LogP contribution >= 0.6 is 0 Å². The minimum absolute atomic E-state index is 0.0182. The van der Waals surface area contributed by atoms with Gasteiger partial charge in [-0.25, -0.2) is 0 Å². The molecule has 0 aliphatic carbocycles. The first kappa shape index (κ1) is 19.2. The largest absolute Gasteiger partial charge is 0.481 e. The number of morpholine rings is 1. The monoisotopic (exact) mass is 360 g/mol. The van der Waals surface area contributed by atoms with E-state index in [1.807, 2.05) is 4.90 Å². The van der Waals surface area contributed by atoms with Crippen molar-refractivity contribution in [1.82, 2.24) is 4.90 Å². The lowest BCUT2D eigenvalue weighted by Crippen LogP contribution is -2.41. The molecule has 0 aromatic heterocycles. The van der Waals surface area contributed by atoms with E-state index in [0.717, 1.165) is 12.1 Å². The van der Waals surface area contributed by atoms with Gasteiger partial charge in [-0.15, -0.1) is 0 Å². The fraction of sp³-hybridized carbons (Fsp3) is 0.500. The molecule has 25 heavy (non-hydrogen) atoms. The highest BCUT2D eigenvalue weighted by atomic mass is 19.4. The van der Waals surface area contributed by atoms with Crippen LogP contribution < -0.4 is 5.32 Å². The predicted molar refractivity (Wildman–Crippen MR) is 83.1 cm³/mol. The summed E-state index contributed by atoms with van der Waals surface area (Å²) in [5.74, 6) is -2.70. The van der Waals surface area contributed by atoms with E-state index in [2.05, 4.69) is 5.32 Å². The minimum atomic E-state index is -4.51. The second kappa shape index (κ2) is 8.30. The van der Waals surface area contributed by atoms with Crippen LogP contribution in [0.25, 0.3) is 0 Å². The Hall–Kier alpha value is -2.13. The molecule has 1 aromatic carbocycles. The molecule has 1 aliphatic rings. The average molecular weight is 360 g/mol. The van der Waals surface area contributed by atoms with Crippen LogP contribution in [0, 0.1) is 5.92 Å². The zero-order valence-corrected chi connectivity index (χ0v) is 13.4. The number of ether oxygens (including phenoxy) is 1. The van der Waals surface area contributed by atoms with Crippen LogP contribution in [0.3, 0.4) is 0 Å². The molecule has 9 heteroatoms. The number of aliphatic carboxylic acids is 1. The summed E-state index contributed by atoms with van der Waals surface area (Å²) in [5, 5.41) is 11.6. The van der Waals surface area contributed by atoms with Gasteiger partial charge in [-0.2, -0.15) is 13.2 Å². The molecular formula is C16H19F3N2O4. The molecule has 1 atom stereocenters. The third-order valence-electron chi connectivity index (χ3n) is 3.84. The smallest absolute Gasteiger partial charge is 0.416 e. The van der Waals surface area contributed by atoms with Crippen molar-refractivity contribution in [1.29, 1.82) is 0 Å². The number of alkyl halides is 3. The van der Waals surface area contributed by atoms with Crippen LogP contribution in [0.1, 0.15) is 12.0 Å². The summed E-state index contributed by atoms with van der Waals surface area (Å²) in [4.78, 5) is 25.3. The second-order valence-electron chi connectivity index (χ2n) is 5.78. The van der Waals surface area contributed by atoms with Gasteiger partial charge in [-0.05, 0) is 18.2 Å². The Labute approximate surface area is 142 Å². The van der Waals surface area contributed by atoms with Gasteiger partial charge in [0.2, 0.25) is 5.91 Å². The molecular weight excluding hydrogens is 341 g/mol. The van der Waals surface area contributed by atoms with Gasteiger partial charge >= 0.3 is 12.1 Å². The van der Waals surface area contributed by atoms with Gasteiger partial charge in [0, 0.05) is 31.7 Å². The highest BCUT2D eigenvalue weighted by molar-refractivity contribution is 5.93. The quantitative estimate of drug-likeness (QED) is 0.812. The number of carbonyl (C=O) groups is 2. The van der Waals surface area contributed by atoms with Crippen molar-refractivity contribution in [3.8, 4) is 0 Å². The Morgan fingerprint density at radius 1 is 1.28 bits per heavy atom. The maximum absolute atomic E-state index is 12.7. The Balaban J connectivity index is 1.95. The third kappa shape index (κ3) is 6.02. The van der Waals surface area contributed by atoms with E-state index in [4.69, 9.17) is 4.74 Å². The van der Waals surface area contributed by atoms with Crippen molar-refractivity contribution in [2.75, 3.05) is 38.2 Å². The molecule has 0 saturated carbocycles. The summed E-state index contributed by atoms with van der Waals surface area (Å²) in [6, 6.07) is 4.22. The molecule has 0 spiro atoms. The molecule has 138 valence electrons. The lowest BCUT2D eigenvalue weighted by molar-refractivity contribution is -0.144. The molecule has 0 bridgehead atoms. The maximum atomic E-state index is 12.7. The molecule has 1 fully saturated rings. The van der Waals surface area contributed by atoms with Crippen LogP contribution in [0.5, 0.6) is 0 Å². The van der Waals surface area contributed by atoms with Gasteiger partial charge < -0.3 is 15.2 Å². The van der Waals surface area contributed by atoms with E-state index in [9.17, 15) is 27.9 Å². The zero-order valence-electron chi connectivity index (χ0n) is 13.4. The minimum Gasteiger partial charge on any atom is -0.481 e. The summed E-state index contributed by atoms with van der Waals surface area (Å²) in [6.45, 7) is 2.36. The van der Waals surface area contributed by atoms with Gasteiger partial charge in [0.25, 0.3) is 0 Å². The highest BCUT2D eigenvalue weighted by Crippen LogP contribution is 2.30. The standard InChI is InChI=1S/C16H19F3N2O4/c17-16(18,19)12-2-1-3-13(9-12)20-14(22)8-11(15(23)24)10-21-4-6-25-7-5-21/h1-3,9,11H,4-8,10H2,(H,20,22)(H,23,24). The number of anilines is 1. The van der Waals surface area contributed by atoms with Gasteiger partial charge in [0.1, 0.15) is 0 Å². The summed E-state index contributed by atoms with van der Waals surface area (Å²) >= 11 is 0. The molecule has 6 nitrogen and oxygen atoms in total. The molecule has 2 N–H and O–H groups in total. The average Bonchev–Trinajstić information content (AvgIpc) is 2.54. The van der Waals surface area contributed by atoms with E-state index in [0.29, 0.717) is 26.3 Å². The first-order valence-corrected chi connectivity index (χ1v) is 7.75. The highest BCUT2D eigenvalue weighted by Gasteiger charge is 2.31. The topological polar surface area (TPSA) is 78.9 Å². The molecule has 1 saturated heterocycles. The number of benzene rings is 1. The van der Waals surface area contributed by atoms with Crippen LogP contribution in [-0.2, 0) is 20.5 Å². The fourth-order valence-electron chi connectivity index (χ4n) is 2.53. The number of carboxylic acids is 1. The number of nitrogens with one attached hydrogen (secondary N) is 1. The Morgan fingerprint density at radius 2 is 1.96 bits per heavy atom. The molecule has 0 radical (unpaired) electrons. The van der Waals surface area contributed by atoms with Crippen molar-refractivity contribution >= 4 is 17.6 Å². The predicted octanol–water partition coefficient (Wildman–Crippen LogP) is 2.07. The van der Waals surface area contributed by atoms with Crippen molar-refractivity contribution < 1.29 is 32.6 Å². The SMILES string of the molecule is O=C(CC(CN1CCOCC1)C(=O)O)Nc1cccc(C(F)(F)F)c1. The maximum Gasteiger partial charge on any atom is 0.416 e. The number of carbonyl (C=O) groups excluding carboxylic acids is 1. The van der Waals surface area contributed by atoms with E-state index in [-0.39, 0.29) is 18.7 Å². The molecule has 1 amide bonds. The van der Waals surface area contributed by atoms with E-state index in [1.165, 1.54) is 12.1 Å². The first-order chi connectivity index (χ1) is 11.8. The summed E-state index contributed by atoms with van der Waals surface area (Å²) in [7, 11) is 0. The van der Waals surface area contributed by atoms with Gasteiger partial charge in [0.05, 0.1) is 24.7 Å². The number of amides is 1.